The molecule has 0 bridgehead atoms. The second kappa shape index (κ2) is 7.45. The van der Waals surface area contributed by atoms with Gasteiger partial charge in [0.15, 0.2) is 5.54 Å². The van der Waals surface area contributed by atoms with Crippen LogP contribution in [0, 0.1) is 0 Å². The summed E-state index contributed by atoms with van der Waals surface area (Å²) in [5.41, 5.74) is -2.39. The van der Waals surface area contributed by atoms with E-state index in [1.54, 1.807) is 41.5 Å². The second-order valence-corrected chi connectivity index (χ2v) is 8.88. The van der Waals surface area contributed by atoms with Crippen LogP contribution in [0.3, 0.4) is 0 Å². The molecule has 0 aromatic heterocycles. The Morgan fingerprint density at radius 2 is 1.39 bits per heavy atom. The Balaban J connectivity index is 2.49. The van der Waals surface area contributed by atoms with Crippen molar-refractivity contribution in [2.75, 3.05) is 7.11 Å². The quantitative estimate of drug-likeness (QED) is 0.566. The molecule has 0 radical (unpaired) electrons. The van der Waals surface area contributed by atoms with Gasteiger partial charge in [-0.15, -0.1) is 0 Å². The van der Waals surface area contributed by atoms with Gasteiger partial charge in [-0.2, -0.15) is 4.90 Å². The summed E-state index contributed by atoms with van der Waals surface area (Å²) in [6.45, 7) is 10.1. The summed E-state index contributed by atoms with van der Waals surface area (Å²) in [4.78, 5) is 39.5. The van der Waals surface area contributed by atoms with E-state index in [0.717, 1.165) is 10.5 Å². The molecule has 1 aromatic carbocycles. The Morgan fingerprint density at radius 3 is 1.79 bits per heavy atom. The summed E-state index contributed by atoms with van der Waals surface area (Å²) < 4.78 is 15.8. The van der Waals surface area contributed by atoms with E-state index in [1.165, 1.54) is 7.11 Å². The van der Waals surface area contributed by atoms with Crippen molar-refractivity contribution < 1.29 is 28.6 Å². The van der Waals surface area contributed by atoms with Crippen molar-refractivity contribution in [1.82, 2.24) is 4.90 Å². The number of carbonyl (C=O) groups is 3. The molecule has 0 saturated heterocycles. The molecule has 0 unspecified atom stereocenters. The SMILES string of the molecule is COC(=O)[C@]1(N(C(=O)OC(C)(C)C)C(=O)OC(C)(C)C)C[C@H]1c1ccccc1. The molecule has 1 aliphatic carbocycles. The Bertz CT molecular complexity index is 718. The first-order chi connectivity index (χ1) is 12.8. The fraction of sp³-hybridized carbons (Fsp3) is 0.571. The first kappa shape index (κ1) is 21.7. The molecule has 7 heteroatoms. The number of hydrogen-bond acceptors (Lipinski definition) is 6. The van der Waals surface area contributed by atoms with Crippen molar-refractivity contribution in [3.63, 3.8) is 0 Å². The number of esters is 1. The Hall–Kier alpha value is -2.57. The van der Waals surface area contributed by atoms with E-state index >= 15 is 0 Å². The second-order valence-electron chi connectivity index (χ2n) is 8.88. The first-order valence-corrected chi connectivity index (χ1v) is 9.21. The van der Waals surface area contributed by atoms with Crippen molar-refractivity contribution in [1.29, 1.82) is 0 Å². The molecular formula is C21H29NO6. The predicted molar refractivity (Wildman–Crippen MR) is 103 cm³/mol. The van der Waals surface area contributed by atoms with Gasteiger partial charge in [-0.05, 0) is 53.5 Å². The molecule has 1 fully saturated rings. The molecule has 2 atom stereocenters. The molecule has 0 aliphatic heterocycles. The Morgan fingerprint density at radius 1 is 0.929 bits per heavy atom. The average Bonchev–Trinajstić information content (AvgIpc) is 3.28. The van der Waals surface area contributed by atoms with E-state index < -0.39 is 40.8 Å². The molecule has 28 heavy (non-hydrogen) atoms. The van der Waals surface area contributed by atoms with Crippen LogP contribution in [-0.2, 0) is 19.0 Å². The van der Waals surface area contributed by atoms with Gasteiger partial charge in [0.05, 0.1) is 7.11 Å². The van der Waals surface area contributed by atoms with Crippen LogP contribution in [0.2, 0.25) is 0 Å². The molecule has 2 rings (SSSR count). The monoisotopic (exact) mass is 391 g/mol. The smallest absolute Gasteiger partial charge is 0.420 e. The van der Waals surface area contributed by atoms with Gasteiger partial charge in [-0.1, -0.05) is 30.3 Å². The fourth-order valence-corrected chi connectivity index (χ4v) is 3.09. The number of carbonyl (C=O) groups excluding carboxylic acids is 3. The van der Waals surface area contributed by atoms with Crippen LogP contribution in [0.15, 0.2) is 30.3 Å². The van der Waals surface area contributed by atoms with E-state index in [0.29, 0.717) is 0 Å². The van der Waals surface area contributed by atoms with Crippen molar-refractivity contribution in [2.45, 2.75) is 70.6 Å². The molecule has 0 spiro atoms. The van der Waals surface area contributed by atoms with Crippen LogP contribution in [0.5, 0.6) is 0 Å². The van der Waals surface area contributed by atoms with E-state index in [9.17, 15) is 14.4 Å². The summed E-state index contributed by atoms with van der Waals surface area (Å²) >= 11 is 0. The number of hydrogen-bond donors (Lipinski definition) is 0. The highest BCUT2D eigenvalue weighted by Gasteiger charge is 2.70. The zero-order chi connectivity index (χ0) is 21.3. The van der Waals surface area contributed by atoms with Gasteiger partial charge in [0.2, 0.25) is 0 Å². The van der Waals surface area contributed by atoms with Gasteiger partial charge in [-0.25, -0.2) is 14.4 Å². The molecule has 1 aromatic rings. The largest absolute Gasteiger partial charge is 0.467 e. The van der Waals surface area contributed by atoms with E-state index in [1.807, 2.05) is 30.3 Å². The molecule has 0 heterocycles. The van der Waals surface area contributed by atoms with E-state index in [-0.39, 0.29) is 6.42 Å². The topological polar surface area (TPSA) is 82.1 Å². The van der Waals surface area contributed by atoms with Crippen molar-refractivity contribution in [3.05, 3.63) is 35.9 Å². The van der Waals surface area contributed by atoms with Gasteiger partial charge >= 0.3 is 18.2 Å². The highest BCUT2D eigenvalue weighted by Crippen LogP contribution is 2.57. The van der Waals surface area contributed by atoms with Crippen LogP contribution in [-0.4, -0.2) is 46.9 Å². The molecule has 1 saturated carbocycles. The minimum absolute atomic E-state index is 0.238. The molecule has 1 aliphatic rings. The number of ether oxygens (including phenoxy) is 3. The van der Waals surface area contributed by atoms with E-state index in [4.69, 9.17) is 14.2 Å². The first-order valence-electron chi connectivity index (χ1n) is 9.21. The van der Waals surface area contributed by atoms with Gasteiger partial charge in [0.1, 0.15) is 11.2 Å². The zero-order valence-corrected chi connectivity index (χ0v) is 17.6. The highest BCUT2D eigenvalue weighted by molar-refractivity contribution is 6.00. The number of amides is 2. The van der Waals surface area contributed by atoms with Gasteiger partial charge in [0, 0.05) is 5.92 Å². The molecule has 0 N–H and O–H groups in total. The lowest BCUT2D eigenvalue weighted by molar-refractivity contribution is -0.148. The Labute approximate surface area is 165 Å². The van der Waals surface area contributed by atoms with Crippen LogP contribution in [0.25, 0.3) is 0 Å². The average molecular weight is 391 g/mol. The van der Waals surface area contributed by atoms with Gasteiger partial charge in [-0.3, -0.25) is 0 Å². The number of imide groups is 1. The lowest BCUT2D eigenvalue weighted by Crippen LogP contribution is -2.54. The zero-order valence-electron chi connectivity index (χ0n) is 17.6. The standard InChI is InChI=1S/C21H29NO6/c1-19(2,3)27-17(24)22(18(25)28-20(4,5)6)21(16(23)26-7)13-15(21)14-11-9-8-10-12-14/h8-12,15H,13H2,1-7H3/t15-,21-/m0/s1. The maximum absolute atomic E-state index is 13.0. The van der Waals surface area contributed by atoms with Crippen LogP contribution < -0.4 is 0 Å². The fourth-order valence-electron chi connectivity index (χ4n) is 3.09. The lowest BCUT2D eigenvalue weighted by atomic mass is 10.1. The van der Waals surface area contributed by atoms with Crippen LogP contribution >= 0.6 is 0 Å². The normalized spacial score (nSPS) is 21.5. The summed E-state index contributed by atoms with van der Waals surface area (Å²) in [5, 5.41) is 0. The highest BCUT2D eigenvalue weighted by atomic mass is 16.6. The number of nitrogens with zero attached hydrogens (tertiary/aromatic N) is 1. The number of methoxy groups -OCH3 is 1. The van der Waals surface area contributed by atoms with Crippen LogP contribution in [0.1, 0.15) is 59.4 Å². The summed E-state index contributed by atoms with van der Waals surface area (Å²) in [5.74, 6) is -1.08. The third-order valence-corrected chi connectivity index (χ3v) is 4.22. The predicted octanol–water partition coefficient (Wildman–Crippen LogP) is 4.26. The number of benzene rings is 1. The molecule has 2 amide bonds. The van der Waals surface area contributed by atoms with E-state index in [2.05, 4.69) is 0 Å². The maximum Gasteiger partial charge on any atom is 0.420 e. The minimum Gasteiger partial charge on any atom is -0.467 e. The molecule has 7 nitrogen and oxygen atoms in total. The van der Waals surface area contributed by atoms with Crippen molar-refractivity contribution >= 4 is 18.2 Å². The summed E-state index contributed by atoms with van der Waals surface area (Å²) in [7, 11) is 1.23. The lowest BCUT2D eigenvalue weighted by Gasteiger charge is -2.33. The van der Waals surface area contributed by atoms with Crippen molar-refractivity contribution in [3.8, 4) is 0 Å². The van der Waals surface area contributed by atoms with Gasteiger partial charge in [0.25, 0.3) is 0 Å². The minimum atomic E-state index is -1.50. The summed E-state index contributed by atoms with van der Waals surface area (Å²) in [6, 6.07) is 9.21. The number of rotatable bonds is 3. The maximum atomic E-state index is 13.0. The molecular weight excluding hydrogens is 362 g/mol. The third-order valence-electron chi connectivity index (χ3n) is 4.22. The van der Waals surface area contributed by atoms with Gasteiger partial charge < -0.3 is 14.2 Å². The Kier molecular flexibility index (Phi) is 5.78. The van der Waals surface area contributed by atoms with Crippen molar-refractivity contribution in [2.24, 2.45) is 0 Å². The van der Waals surface area contributed by atoms with Crippen LogP contribution in [0.4, 0.5) is 9.59 Å². The third kappa shape index (κ3) is 4.64. The molecule has 154 valence electrons. The summed E-state index contributed by atoms with van der Waals surface area (Å²) in [6.07, 6.45) is -1.64.